The molecule has 1 N–H and O–H groups in total. The molecule has 0 unspecified atom stereocenters. The lowest BCUT2D eigenvalue weighted by atomic mass is 9.87. The highest BCUT2D eigenvalue weighted by molar-refractivity contribution is 5.86. The molecule has 132 valence electrons. The molecular formula is C20H28Cl2N2. The Balaban J connectivity index is 0.00000104. The molecule has 0 bridgehead atoms. The number of hydrogen-bond donors (Lipinski definition) is 1. The second-order valence-corrected chi connectivity index (χ2v) is 6.84. The van der Waals surface area contributed by atoms with Crippen LogP contribution in [0.3, 0.4) is 0 Å². The van der Waals surface area contributed by atoms with Crippen molar-refractivity contribution in [1.29, 1.82) is 0 Å². The molecule has 0 radical (unpaired) electrons. The second kappa shape index (κ2) is 9.05. The summed E-state index contributed by atoms with van der Waals surface area (Å²) in [5.41, 5.74) is 1.56. The van der Waals surface area contributed by atoms with Gasteiger partial charge in [0.05, 0.1) is 0 Å². The van der Waals surface area contributed by atoms with Gasteiger partial charge in [-0.2, -0.15) is 0 Å². The van der Waals surface area contributed by atoms with E-state index in [0.717, 1.165) is 19.0 Å². The highest BCUT2D eigenvalue weighted by Crippen LogP contribution is 2.41. The molecule has 2 nitrogen and oxygen atoms in total. The molecule has 1 aliphatic carbocycles. The van der Waals surface area contributed by atoms with E-state index in [1.54, 1.807) is 5.56 Å². The van der Waals surface area contributed by atoms with Gasteiger partial charge in [-0.15, -0.1) is 24.8 Å². The summed E-state index contributed by atoms with van der Waals surface area (Å²) in [6.07, 6.45) is 5.63. The molecule has 1 atom stereocenters. The zero-order valence-corrected chi connectivity index (χ0v) is 15.7. The Morgan fingerprint density at radius 3 is 2.29 bits per heavy atom. The average molecular weight is 367 g/mol. The van der Waals surface area contributed by atoms with Gasteiger partial charge in [-0.25, -0.2) is 0 Å². The molecule has 0 spiro atoms. The minimum absolute atomic E-state index is 0. The first-order chi connectivity index (χ1) is 10.9. The minimum atomic E-state index is 0. The Hall–Kier alpha value is -0.800. The van der Waals surface area contributed by atoms with Crippen molar-refractivity contribution in [3.05, 3.63) is 48.0 Å². The predicted molar refractivity (Wildman–Crippen MR) is 108 cm³/mol. The molecule has 0 aromatic heterocycles. The van der Waals surface area contributed by atoms with Gasteiger partial charge in [0.2, 0.25) is 0 Å². The number of nitrogens with one attached hydrogen (secondary N) is 1. The highest BCUT2D eigenvalue weighted by Gasteiger charge is 2.32. The van der Waals surface area contributed by atoms with Crippen molar-refractivity contribution < 1.29 is 0 Å². The van der Waals surface area contributed by atoms with Crippen LogP contribution in [0.2, 0.25) is 0 Å². The van der Waals surface area contributed by atoms with E-state index in [0.29, 0.717) is 6.04 Å². The molecule has 0 amide bonds. The molecule has 2 aliphatic rings. The number of hydrogen-bond acceptors (Lipinski definition) is 2. The van der Waals surface area contributed by atoms with Crippen LogP contribution < -0.4 is 5.32 Å². The summed E-state index contributed by atoms with van der Waals surface area (Å²) in [7, 11) is 0. The summed E-state index contributed by atoms with van der Waals surface area (Å²) in [4.78, 5) is 2.74. The molecule has 4 rings (SSSR count). The van der Waals surface area contributed by atoms with Crippen molar-refractivity contribution in [3.63, 3.8) is 0 Å². The highest BCUT2D eigenvalue weighted by atomic mass is 35.5. The van der Waals surface area contributed by atoms with Gasteiger partial charge < -0.3 is 5.32 Å². The maximum atomic E-state index is 3.51. The van der Waals surface area contributed by atoms with Crippen LogP contribution in [0.15, 0.2) is 42.5 Å². The van der Waals surface area contributed by atoms with Crippen molar-refractivity contribution in [2.75, 3.05) is 26.2 Å². The molecule has 1 saturated heterocycles. The molecule has 2 fully saturated rings. The quantitative estimate of drug-likeness (QED) is 0.837. The minimum Gasteiger partial charge on any atom is -0.314 e. The Kier molecular flexibility index (Phi) is 7.36. The lowest BCUT2D eigenvalue weighted by Crippen LogP contribution is -2.46. The Morgan fingerprint density at radius 2 is 1.54 bits per heavy atom. The first-order valence-corrected chi connectivity index (χ1v) is 8.86. The fraction of sp³-hybridized carbons (Fsp3) is 0.500. The Morgan fingerprint density at radius 1 is 0.875 bits per heavy atom. The summed E-state index contributed by atoms with van der Waals surface area (Å²) in [5.74, 6) is 0.837. The lowest BCUT2D eigenvalue weighted by Gasteiger charge is -2.39. The first kappa shape index (κ1) is 19.5. The summed E-state index contributed by atoms with van der Waals surface area (Å²) < 4.78 is 0. The number of benzene rings is 2. The number of nitrogens with zero attached hydrogens (tertiary/aromatic N) is 1. The third-order valence-electron chi connectivity index (χ3n) is 5.53. The maximum absolute atomic E-state index is 3.51. The van der Waals surface area contributed by atoms with Crippen molar-refractivity contribution in [2.24, 2.45) is 5.92 Å². The molecule has 24 heavy (non-hydrogen) atoms. The fourth-order valence-corrected chi connectivity index (χ4v) is 4.49. The van der Waals surface area contributed by atoms with E-state index in [1.807, 2.05) is 0 Å². The van der Waals surface area contributed by atoms with E-state index >= 15 is 0 Å². The molecule has 1 aliphatic heterocycles. The first-order valence-electron chi connectivity index (χ1n) is 8.86. The Bertz CT molecular complexity index is 629. The van der Waals surface area contributed by atoms with Gasteiger partial charge in [-0.05, 0) is 35.1 Å². The third-order valence-corrected chi connectivity index (χ3v) is 5.53. The molecule has 4 heteroatoms. The summed E-state index contributed by atoms with van der Waals surface area (Å²) >= 11 is 0. The van der Waals surface area contributed by atoms with Gasteiger partial charge in [0.25, 0.3) is 0 Å². The van der Waals surface area contributed by atoms with E-state index in [9.17, 15) is 0 Å². The van der Waals surface area contributed by atoms with Crippen molar-refractivity contribution in [2.45, 2.75) is 31.7 Å². The Labute approximate surface area is 157 Å². The third kappa shape index (κ3) is 3.88. The summed E-state index contributed by atoms with van der Waals surface area (Å²) in [6, 6.07) is 16.4. The van der Waals surface area contributed by atoms with E-state index in [1.165, 1.54) is 49.5 Å². The van der Waals surface area contributed by atoms with Gasteiger partial charge in [0, 0.05) is 32.2 Å². The van der Waals surface area contributed by atoms with Crippen LogP contribution in [-0.2, 0) is 0 Å². The number of halogens is 2. The normalized spacial score (nSPS) is 20.3. The topological polar surface area (TPSA) is 15.3 Å². The van der Waals surface area contributed by atoms with Gasteiger partial charge in [-0.1, -0.05) is 55.3 Å². The SMILES string of the molecule is Cl.Cl.c1ccc2c([C@H](C3CCCC3)N3CCNCC3)cccc2c1. The smallest absolute Gasteiger partial charge is 0.0383 e. The summed E-state index contributed by atoms with van der Waals surface area (Å²) in [6.45, 7) is 4.64. The van der Waals surface area contributed by atoms with Gasteiger partial charge >= 0.3 is 0 Å². The van der Waals surface area contributed by atoms with Crippen LogP contribution in [0.5, 0.6) is 0 Å². The van der Waals surface area contributed by atoms with E-state index in [2.05, 4.69) is 52.7 Å². The van der Waals surface area contributed by atoms with Crippen molar-refractivity contribution >= 4 is 35.6 Å². The van der Waals surface area contributed by atoms with Gasteiger partial charge in [0.15, 0.2) is 0 Å². The van der Waals surface area contributed by atoms with E-state index in [4.69, 9.17) is 0 Å². The molecule has 1 saturated carbocycles. The zero-order chi connectivity index (χ0) is 14.8. The molecule has 1 heterocycles. The fourth-order valence-electron chi connectivity index (χ4n) is 4.49. The largest absolute Gasteiger partial charge is 0.314 e. The van der Waals surface area contributed by atoms with Crippen LogP contribution in [0.4, 0.5) is 0 Å². The van der Waals surface area contributed by atoms with Crippen LogP contribution in [0, 0.1) is 5.92 Å². The van der Waals surface area contributed by atoms with Crippen LogP contribution >= 0.6 is 24.8 Å². The monoisotopic (exact) mass is 366 g/mol. The zero-order valence-electron chi connectivity index (χ0n) is 14.1. The lowest BCUT2D eigenvalue weighted by molar-refractivity contribution is 0.126. The number of piperazine rings is 1. The number of rotatable bonds is 3. The number of fused-ring (bicyclic) bond motifs is 1. The summed E-state index contributed by atoms with van der Waals surface area (Å²) in [5, 5.41) is 6.35. The van der Waals surface area contributed by atoms with Gasteiger partial charge in [0.1, 0.15) is 0 Å². The van der Waals surface area contributed by atoms with Crippen molar-refractivity contribution in [1.82, 2.24) is 10.2 Å². The van der Waals surface area contributed by atoms with Crippen LogP contribution in [0.1, 0.15) is 37.3 Å². The maximum Gasteiger partial charge on any atom is 0.0383 e. The molecule has 2 aromatic rings. The molecular weight excluding hydrogens is 339 g/mol. The second-order valence-electron chi connectivity index (χ2n) is 6.84. The van der Waals surface area contributed by atoms with E-state index in [-0.39, 0.29) is 24.8 Å². The predicted octanol–water partition coefficient (Wildman–Crippen LogP) is 4.82. The average Bonchev–Trinajstić information content (AvgIpc) is 3.11. The van der Waals surface area contributed by atoms with Gasteiger partial charge in [-0.3, -0.25) is 4.90 Å². The van der Waals surface area contributed by atoms with Crippen LogP contribution in [0.25, 0.3) is 10.8 Å². The van der Waals surface area contributed by atoms with Crippen LogP contribution in [-0.4, -0.2) is 31.1 Å². The van der Waals surface area contributed by atoms with Crippen molar-refractivity contribution in [3.8, 4) is 0 Å². The van der Waals surface area contributed by atoms with E-state index < -0.39 is 0 Å². The molecule has 2 aromatic carbocycles. The standard InChI is InChI=1S/C20H26N2.2ClH/c1-2-8-17(7-1)20(22-14-12-21-13-15-22)19-11-5-9-16-6-3-4-10-18(16)19;;/h3-6,9-11,17,20-21H,1-2,7-8,12-15H2;2*1H/t20-;;/m0../s1.